The van der Waals surface area contributed by atoms with E-state index >= 15 is 8.78 Å². The van der Waals surface area contributed by atoms with E-state index in [2.05, 4.69) is 0 Å². The summed E-state index contributed by atoms with van der Waals surface area (Å²) in [5, 5.41) is 11.4. The van der Waals surface area contributed by atoms with Crippen LogP contribution in [0.4, 0.5) is 8.78 Å². The summed E-state index contributed by atoms with van der Waals surface area (Å²) in [6, 6.07) is 0. The summed E-state index contributed by atoms with van der Waals surface area (Å²) in [6.45, 7) is 5.66. The molecule has 0 aromatic rings. The van der Waals surface area contributed by atoms with E-state index in [-0.39, 0.29) is 25.0 Å². The Hall–Kier alpha value is -2.42. The summed E-state index contributed by atoms with van der Waals surface area (Å²) in [5.41, 5.74) is -9.24. The lowest BCUT2D eigenvalue weighted by Crippen LogP contribution is -2.71. The molecule has 0 bridgehead atoms. The van der Waals surface area contributed by atoms with Crippen LogP contribution in [0.1, 0.15) is 60.3 Å². The number of carbonyl (C=O) groups excluding carboxylic acids is 4. The van der Waals surface area contributed by atoms with E-state index in [4.69, 9.17) is 9.47 Å². The van der Waals surface area contributed by atoms with Crippen LogP contribution in [-0.4, -0.2) is 58.3 Å². The molecule has 1 N–H and O–H groups in total. The second-order valence-electron chi connectivity index (χ2n) is 11.1. The smallest absolute Gasteiger partial charge is 0.303 e. The van der Waals surface area contributed by atoms with Crippen molar-refractivity contribution in [1.29, 1.82) is 0 Å². The maximum Gasteiger partial charge on any atom is 0.303 e. The molecule has 0 aromatic heterocycles. The van der Waals surface area contributed by atoms with Gasteiger partial charge in [-0.25, -0.2) is 8.78 Å². The highest BCUT2D eigenvalue weighted by Crippen LogP contribution is 2.72. The number of halogens is 2. The second-order valence-corrected chi connectivity index (χ2v) is 11.1. The molecule has 0 spiro atoms. The molecule has 8 atom stereocenters. The van der Waals surface area contributed by atoms with Crippen LogP contribution in [0, 0.1) is 22.7 Å². The molecule has 3 fully saturated rings. The average molecular weight is 495 g/mol. The topological polar surface area (TPSA) is 107 Å². The maximum absolute atomic E-state index is 17.2. The Morgan fingerprint density at radius 1 is 1.09 bits per heavy atom. The van der Waals surface area contributed by atoms with Gasteiger partial charge in [-0.3, -0.25) is 19.2 Å². The van der Waals surface area contributed by atoms with Gasteiger partial charge in [0.25, 0.3) is 0 Å². The summed E-state index contributed by atoms with van der Waals surface area (Å²) in [7, 11) is 0. The number of rotatable bonds is 4. The van der Waals surface area contributed by atoms with Gasteiger partial charge in [-0.1, -0.05) is 18.6 Å². The first-order chi connectivity index (χ1) is 16.1. The van der Waals surface area contributed by atoms with Gasteiger partial charge in [-0.05, 0) is 57.6 Å². The van der Waals surface area contributed by atoms with Crippen molar-refractivity contribution in [2.45, 2.75) is 83.3 Å². The fourth-order valence-electron chi connectivity index (χ4n) is 7.87. The SMILES string of the molecule is CC(=O)OCC(=O)[C@@]1(OC(C)=O)[C@@]2(C)C[C@H](O)[C@@]3(F)[C@@H](CCC4=CC(=O)C=C[C@@]43C)[C@@H]2C[C@@]1(C)F. The van der Waals surface area contributed by atoms with E-state index in [9.17, 15) is 24.3 Å². The summed E-state index contributed by atoms with van der Waals surface area (Å²) < 4.78 is 44.2. The predicted octanol–water partition coefficient (Wildman–Crippen LogP) is 3.13. The minimum atomic E-state index is -2.42. The third-order valence-corrected chi connectivity index (χ3v) is 9.27. The van der Waals surface area contributed by atoms with Gasteiger partial charge < -0.3 is 14.6 Å². The number of esters is 2. The number of fused-ring (bicyclic) bond motifs is 5. The Kier molecular flexibility index (Phi) is 5.71. The maximum atomic E-state index is 17.2. The third-order valence-electron chi connectivity index (χ3n) is 9.27. The molecule has 7 nitrogen and oxygen atoms in total. The Morgan fingerprint density at radius 3 is 2.34 bits per heavy atom. The van der Waals surface area contributed by atoms with Crippen molar-refractivity contribution in [3.8, 4) is 0 Å². The highest BCUT2D eigenvalue weighted by molar-refractivity contribution is 6.01. The molecule has 192 valence electrons. The van der Waals surface area contributed by atoms with Gasteiger partial charge in [0.1, 0.15) is 0 Å². The van der Waals surface area contributed by atoms with Crippen LogP contribution in [0.3, 0.4) is 0 Å². The molecule has 0 aliphatic heterocycles. The lowest BCUT2D eigenvalue weighted by atomic mass is 9.44. The van der Waals surface area contributed by atoms with E-state index < -0.39 is 70.0 Å². The van der Waals surface area contributed by atoms with Crippen molar-refractivity contribution in [2.75, 3.05) is 6.61 Å². The number of hydrogen-bond donors (Lipinski definition) is 1. The first kappa shape index (κ1) is 25.7. The number of ether oxygens (including phenoxy) is 2. The van der Waals surface area contributed by atoms with E-state index in [1.165, 1.54) is 18.2 Å². The van der Waals surface area contributed by atoms with Crippen LogP contribution in [0.5, 0.6) is 0 Å². The molecule has 0 radical (unpaired) electrons. The summed E-state index contributed by atoms with van der Waals surface area (Å²) in [4.78, 5) is 49.1. The van der Waals surface area contributed by atoms with Gasteiger partial charge in [0.15, 0.2) is 23.7 Å². The van der Waals surface area contributed by atoms with Crippen LogP contribution >= 0.6 is 0 Å². The molecule has 4 aliphatic rings. The van der Waals surface area contributed by atoms with Crippen LogP contribution < -0.4 is 0 Å². The molecule has 0 amide bonds. The number of allylic oxidation sites excluding steroid dienone is 4. The van der Waals surface area contributed by atoms with Gasteiger partial charge in [0, 0.05) is 30.6 Å². The van der Waals surface area contributed by atoms with Crippen molar-refractivity contribution in [1.82, 2.24) is 0 Å². The van der Waals surface area contributed by atoms with Gasteiger partial charge in [0.05, 0.1) is 6.10 Å². The minimum Gasteiger partial charge on any atom is -0.458 e. The number of Topliss-reactive ketones (excluding diaryl/α,β-unsaturated/α-hetero) is 1. The zero-order valence-electron chi connectivity index (χ0n) is 20.7. The molecule has 35 heavy (non-hydrogen) atoms. The Bertz CT molecular complexity index is 1060. The van der Waals surface area contributed by atoms with E-state index in [1.54, 1.807) is 13.8 Å². The molecular weight excluding hydrogens is 462 g/mol. The van der Waals surface area contributed by atoms with Crippen LogP contribution in [0.25, 0.3) is 0 Å². The summed E-state index contributed by atoms with van der Waals surface area (Å²) >= 11 is 0. The van der Waals surface area contributed by atoms with Crippen molar-refractivity contribution < 1.29 is 42.5 Å². The molecule has 0 unspecified atom stereocenters. The fourth-order valence-corrected chi connectivity index (χ4v) is 7.87. The molecule has 0 heterocycles. The van der Waals surface area contributed by atoms with Crippen molar-refractivity contribution in [3.05, 3.63) is 23.8 Å². The largest absolute Gasteiger partial charge is 0.458 e. The van der Waals surface area contributed by atoms with E-state index in [0.29, 0.717) is 12.0 Å². The first-order valence-electron chi connectivity index (χ1n) is 11.9. The second kappa shape index (κ2) is 7.79. The molecule has 0 saturated heterocycles. The van der Waals surface area contributed by atoms with Crippen LogP contribution in [0.15, 0.2) is 23.8 Å². The van der Waals surface area contributed by atoms with Gasteiger partial charge >= 0.3 is 11.9 Å². The molecule has 9 heteroatoms. The van der Waals surface area contributed by atoms with Gasteiger partial charge in [0.2, 0.25) is 11.4 Å². The average Bonchev–Trinajstić information content (AvgIpc) is 2.91. The summed E-state index contributed by atoms with van der Waals surface area (Å²) in [5.74, 6) is -4.53. The monoisotopic (exact) mass is 494 g/mol. The lowest BCUT2D eigenvalue weighted by molar-refractivity contribution is -0.234. The highest BCUT2D eigenvalue weighted by atomic mass is 19.1. The normalized spacial score (nSPS) is 46.1. The van der Waals surface area contributed by atoms with Crippen molar-refractivity contribution in [3.63, 3.8) is 0 Å². The number of ketones is 2. The predicted molar refractivity (Wildman–Crippen MR) is 119 cm³/mol. The molecule has 4 rings (SSSR count). The van der Waals surface area contributed by atoms with Gasteiger partial charge in [-0.15, -0.1) is 0 Å². The number of carbonyl (C=O) groups is 4. The van der Waals surface area contributed by atoms with Crippen molar-refractivity contribution >= 4 is 23.5 Å². The van der Waals surface area contributed by atoms with Crippen LogP contribution in [-0.2, 0) is 28.7 Å². The minimum absolute atomic E-state index is 0.223. The first-order valence-corrected chi connectivity index (χ1v) is 11.9. The zero-order valence-corrected chi connectivity index (χ0v) is 20.7. The Labute approximate surface area is 202 Å². The van der Waals surface area contributed by atoms with E-state index in [1.807, 2.05) is 0 Å². The molecule has 3 saturated carbocycles. The Morgan fingerprint density at radius 2 is 1.74 bits per heavy atom. The Balaban J connectivity index is 1.87. The lowest BCUT2D eigenvalue weighted by Gasteiger charge is -2.62. The fraction of sp³-hybridized carbons (Fsp3) is 0.692. The molecule has 0 aromatic carbocycles. The molecular formula is C26H32F2O7. The standard InChI is InChI=1S/C26H32F2O7/c1-14(29)34-13-21(33)26(35-15(2)30)23(4)12-20(32)25(28)18(19(23)11-24(26,5)27)7-6-16-10-17(31)8-9-22(16,25)3/h8-10,18-20,32H,6-7,11-13H2,1-5H3/t18-,19-,20-,22-,23-,24+,25-,26+/m0/s1. The summed E-state index contributed by atoms with van der Waals surface area (Å²) in [6.07, 6.45) is 2.46. The van der Waals surface area contributed by atoms with Gasteiger partial charge in [-0.2, -0.15) is 0 Å². The number of aliphatic hydroxyl groups excluding tert-OH is 1. The van der Waals surface area contributed by atoms with E-state index in [0.717, 1.165) is 20.8 Å². The third kappa shape index (κ3) is 3.16. The zero-order chi connectivity index (χ0) is 26.2. The highest BCUT2D eigenvalue weighted by Gasteiger charge is 2.81. The number of alkyl halides is 2. The molecule has 4 aliphatic carbocycles. The quantitative estimate of drug-likeness (QED) is 0.599. The number of hydrogen-bond acceptors (Lipinski definition) is 7. The van der Waals surface area contributed by atoms with Crippen LogP contribution in [0.2, 0.25) is 0 Å². The van der Waals surface area contributed by atoms with Crippen molar-refractivity contribution in [2.24, 2.45) is 22.7 Å². The number of aliphatic hydroxyl groups is 1.